The number of amides is 1. The molecule has 4 heteroatoms. The van der Waals surface area contributed by atoms with Gasteiger partial charge in [-0.05, 0) is 71.3 Å². The Labute approximate surface area is 141 Å². The number of carbonyl (C=O) groups excluding carboxylic acids is 1. The predicted octanol–water partition coefficient (Wildman–Crippen LogP) is 4.87. The number of alkyl halides is 1. The van der Waals surface area contributed by atoms with Crippen molar-refractivity contribution in [2.45, 2.75) is 12.8 Å². The van der Waals surface area contributed by atoms with Crippen LogP contribution in [0.2, 0.25) is 0 Å². The summed E-state index contributed by atoms with van der Waals surface area (Å²) < 4.78 is 1.06. The van der Waals surface area contributed by atoms with Gasteiger partial charge in [-0.2, -0.15) is 0 Å². The fourth-order valence-electron chi connectivity index (χ4n) is 1.91. The van der Waals surface area contributed by atoms with Gasteiger partial charge in [0.25, 0.3) is 5.91 Å². The second-order valence-electron chi connectivity index (χ2n) is 4.46. The fraction of sp³-hybridized carbons (Fsp3) is 0.188. The van der Waals surface area contributed by atoms with Gasteiger partial charge in [0.05, 0.1) is 0 Å². The number of rotatable bonds is 5. The zero-order valence-electron chi connectivity index (χ0n) is 10.9. The van der Waals surface area contributed by atoms with Crippen LogP contribution in [-0.4, -0.2) is 11.2 Å². The highest BCUT2D eigenvalue weighted by Crippen LogP contribution is 2.15. The summed E-state index contributed by atoms with van der Waals surface area (Å²) in [6.07, 6.45) is 2.10. The highest BCUT2D eigenvalue weighted by molar-refractivity contribution is 14.1. The van der Waals surface area contributed by atoms with Crippen molar-refractivity contribution in [3.8, 4) is 0 Å². The second-order valence-corrected chi connectivity index (χ2v) is 6.50. The molecule has 2 aromatic rings. The molecule has 1 amide bonds. The lowest BCUT2D eigenvalue weighted by molar-refractivity contribution is 0.102. The molecule has 2 aromatic carbocycles. The number of anilines is 1. The summed E-state index contributed by atoms with van der Waals surface area (Å²) in [6.45, 7) is 0. The molecule has 2 nitrogen and oxygen atoms in total. The van der Waals surface area contributed by atoms with Gasteiger partial charge in [-0.15, -0.1) is 0 Å². The van der Waals surface area contributed by atoms with E-state index < -0.39 is 0 Å². The lowest BCUT2D eigenvalue weighted by atomic mass is 10.1. The van der Waals surface area contributed by atoms with Crippen molar-refractivity contribution >= 4 is 50.1 Å². The van der Waals surface area contributed by atoms with Crippen LogP contribution < -0.4 is 5.32 Å². The van der Waals surface area contributed by atoms with E-state index in [0.29, 0.717) is 5.56 Å². The molecule has 0 saturated heterocycles. The zero-order valence-corrected chi connectivity index (χ0v) is 14.6. The van der Waals surface area contributed by atoms with E-state index in [-0.39, 0.29) is 5.91 Å². The Bertz CT molecular complexity index is 601. The van der Waals surface area contributed by atoms with Crippen LogP contribution >= 0.6 is 38.5 Å². The normalized spacial score (nSPS) is 10.3. The molecule has 0 aliphatic heterocycles. The first-order valence-corrected chi connectivity index (χ1v) is 8.61. The Kier molecular flexibility index (Phi) is 6.04. The Balaban J connectivity index is 2.07. The minimum Gasteiger partial charge on any atom is -0.322 e. The van der Waals surface area contributed by atoms with Gasteiger partial charge in [0, 0.05) is 20.2 Å². The molecule has 0 aromatic heterocycles. The fourth-order valence-corrected chi connectivity index (χ4v) is 2.73. The third kappa shape index (κ3) is 4.59. The number of nitrogens with one attached hydrogen (secondary N) is 1. The second kappa shape index (κ2) is 7.78. The minimum atomic E-state index is -0.0684. The molecule has 0 fully saturated rings. The van der Waals surface area contributed by atoms with Gasteiger partial charge in [0.1, 0.15) is 0 Å². The SMILES string of the molecule is O=C(Nc1cccc(CCCBr)c1)c1cccc(I)c1. The van der Waals surface area contributed by atoms with E-state index >= 15 is 0 Å². The lowest BCUT2D eigenvalue weighted by Crippen LogP contribution is -2.12. The van der Waals surface area contributed by atoms with Crippen LogP contribution in [0.5, 0.6) is 0 Å². The maximum Gasteiger partial charge on any atom is 0.255 e. The zero-order chi connectivity index (χ0) is 14.4. The van der Waals surface area contributed by atoms with Gasteiger partial charge in [-0.1, -0.05) is 34.1 Å². The lowest BCUT2D eigenvalue weighted by Gasteiger charge is -2.07. The third-order valence-electron chi connectivity index (χ3n) is 2.87. The summed E-state index contributed by atoms with van der Waals surface area (Å²) >= 11 is 5.64. The van der Waals surface area contributed by atoms with Crippen molar-refractivity contribution < 1.29 is 4.79 Å². The molecule has 0 heterocycles. The quantitative estimate of drug-likeness (QED) is 0.518. The van der Waals surface area contributed by atoms with Crippen LogP contribution in [0.25, 0.3) is 0 Å². The van der Waals surface area contributed by atoms with Crippen LogP contribution in [0.15, 0.2) is 48.5 Å². The molecular formula is C16H15BrINO. The summed E-state index contributed by atoms with van der Waals surface area (Å²) in [5.74, 6) is -0.0684. The first-order chi connectivity index (χ1) is 9.69. The molecule has 0 radical (unpaired) electrons. The van der Waals surface area contributed by atoms with Crippen LogP contribution in [0.3, 0.4) is 0 Å². The van der Waals surface area contributed by atoms with E-state index in [1.54, 1.807) is 0 Å². The van der Waals surface area contributed by atoms with Crippen LogP contribution in [0, 0.1) is 3.57 Å². The average Bonchev–Trinajstić information content (AvgIpc) is 2.45. The molecule has 0 aliphatic carbocycles. The van der Waals surface area contributed by atoms with Gasteiger partial charge in [-0.25, -0.2) is 0 Å². The monoisotopic (exact) mass is 443 g/mol. The van der Waals surface area contributed by atoms with Crippen LogP contribution in [0.4, 0.5) is 5.69 Å². The van der Waals surface area contributed by atoms with E-state index in [0.717, 1.165) is 27.4 Å². The van der Waals surface area contributed by atoms with Crippen molar-refractivity contribution in [3.05, 3.63) is 63.2 Å². The van der Waals surface area contributed by atoms with Crippen LogP contribution in [-0.2, 0) is 6.42 Å². The van der Waals surface area contributed by atoms with Gasteiger partial charge < -0.3 is 5.32 Å². The molecule has 20 heavy (non-hydrogen) atoms. The summed E-state index contributed by atoms with van der Waals surface area (Å²) in [5, 5.41) is 3.94. The first kappa shape index (κ1) is 15.5. The van der Waals surface area contributed by atoms with E-state index in [1.807, 2.05) is 42.5 Å². The topological polar surface area (TPSA) is 29.1 Å². The Morgan fingerprint density at radius 3 is 2.70 bits per heavy atom. The number of benzene rings is 2. The molecule has 2 rings (SSSR count). The van der Waals surface area contributed by atoms with Crippen molar-refractivity contribution in [2.75, 3.05) is 10.6 Å². The Hall–Kier alpha value is -0.880. The minimum absolute atomic E-state index is 0.0684. The summed E-state index contributed by atoms with van der Waals surface area (Å²) in [5.41, 5.74) is 2.77. The van der Waals surface area contributed by atoms with Gasteiger partial charge in [-0.3, -0.25) is 4.79 Å². The maximum absolute atomic E-state index is 12.2. The molecule has 0 aliphatic rings. The Morgan fingerprint density at radius 1 is 1.15 bits per heavy atom. The van der Waals surface area contributed by atoms with Gasteiger partial charge in [0.15, 0.2) is 0 Å². The molecule has 0 unspecified atom stereocenters. The van der Waals surface area contributed by atoms with E-state index in [4.69, 9.17) is 0 Å². The van der Waals surface area contributed by atoms with Crippen molar-refractivity contribution in [3.63, 3.8) is 0 Å². The molecule has 0 saturated carbocycles. The van der Waals surface area contributed by atoms with Gasteiger partial charge >= 0.3 is 0 Å². The smallest absolute Gasteiger partial charge is 0.255 e. The third-order valence-corrected chi connectivity index (χ3v) is 4.10. The van der Waals surface area contributed by atoms with Gasteiger partial charge in [0.2, 0.25) is 0 Å². The first-order valence-electron chi connectivity index (χ1n) is 6.41. The summed E-state index contributed by atoms with van der Waals surface area (Å²) in [4.78, 5) is 12.2. The number of halogens is 2. The van der Waals surface area contributed by atoms with E-state index in [9.17, 15) is 4.79 Å². The van der Waals surface area contributed by atoms with E-state index in [2.05, 4.69) is 49.9 Å². The maximum atomic E-state index is 12.2. The largest absolute Gasteiger partial charge is 0.322 e. The highest BCUT2D eigenvalue weighted by Gasteiger charge is 2.06. The summed E-state index contributed by atoms with van der Waals surface area (Å²) in [7, 11) is 0. The van der Waals surface area contributed by atoms with Crippen molar-refractivity contribution in [1.82, 2.24) is 0 Å². The number of aryl methyl sites for hydroxylation is 1. The van der Waals surface area contributed by atoms with Crippen LogP contribution in [0.1, 0.15) is 22.3 Å². The average molecular weight is 444 g/mol. The molecule has 0 bridgehead atoms. The molecule has 1 N–H and O–H groups in total. The molecule has 0 atom stereocenters. The number of carbonyl (C=O) groups is 1. The molecular weight excluding hydrogens is 429 g/mol. The van der Waals surface area contributed by atoms with Crippen molar-refractivity contribution in [1.29, 1.82) is 0 Å². The number of hydrogen-bond donors (Lipinski definition) is 1. The predicted molar refractivity (Wildman–Crippen MR) is 95.7 cm³/mol. The summed E-state index contributed by atoms with van der Waals surface area (Å²) in [6, 6.07) is 15.6. The highest BCUT2D eigenvalue weighted by atomic mass is 127. The van der Waals surface area contributed by atoms with E-state index in [1.165, 1.54) is 5.56 Å². The molecule has 0 spiro atoms. The Morgan fingerprint density at radius 2 is 1.95 bits per heavy atom. The number of hydrogen-bond acceptors (Lipinski definition) is 1. The van der Waals surface area contributed by atoms with Crippen molar-refractivity contribution in [2.24, 2.45) is 0 Å². The molecule has 104 valence electrons. The standard InChI is InChI=1S/C16H15BrINO/c17-9-3-5-12-4-1-8-15(10-12)19-16(20)13-6-2-7-14(18)11-13/h1-2,4,6-8,10-11H,3,5,9H2,(H,19,20).